The number of piperidine rings is 1. The summed E-state index contributed by atoms with van der Waals surface area (Å²) in [6.07, 6.45) is 3.54. The third-order valence-corrected chi connectivity index (χ3v) is 7.06. The van der Waals surface area contributed by atoms with Crippen molar-refractivity contribution in [1.29, 1.82) is 0 Å². The van der Waals surface area contributed by atoms with Gasteiger partial charge in [0.2, 0.25) is 0 Å². The maximum Gasteiger partial charge on any atom is 0.254 e. The molecule has 0 aliphatic carbocycles. The van der Waals surface area contributed by atoms with E-state index in [1.807, 2.05) is 11.0 Å². The van der Waals surface area contributed by atoms with Crippen molar-refractivity contribution < 1.29 is 18.6 Å². The minimum Gasteiger partial charge on any atom is -0.492 e. The number of pyridine rings is 1. The zero-order valence-corrected chi connectivity index (χ0v) is 20.3. The Bertz CT molecular complexity index is 1080. The lowest BCUT2D eigenvalue weighted by atomic mass is 9.98. The summed E-state index contributed by atoms with van der Waals surface area (Å²) in [5, 5.41) is 0. The second-order valence-electron chi connectivity index (χ2n) is 8.42. The van der Waals surface area contributed by atoms with Crippen molar-refractivity contribution in [2.45, 2.75) is 26.7 Å². The molecule has 1 saturated heterocycles. The standard InChI is InChI=1S/C23H32N6O4S/c1-3-28(4-2)20-13-17(10-11-25-20)23(30)29-12-6-7-16(14-29)15-33-19-9-5-8-18-21(19)22(24)27-34(31,32)26-18/h5,8-11,13,16,26,31-32H,3-4,6-7,12,14-15H2,1-2H3,(H2,24,27). The summed E-state index contributed by atoms with van der Waals surface area (Å²) in [7, 11) is -3.35. The summed E-state index contributed by atoms with van der Waals surface area (Å²) in [6.45, 7) is 7.51. The number of nitrogens with zero attached hydrogens (tertiary/aromatic N) is 4. The highest BCUT2D eigenvalue weighted by Crippen LogP contribution is 2.46. The van der Waals surface area contributed by atoms with Crippen molar-refractivity contribution in [3.63, 3.8) is 0 Å². The minimum atomic E-state index is -3.35. The van der Waals surface area contributed by atoms with Crippen LogP contribution in [0.15, 0.2) is 40.9 Å². The van der Waals surface area contributed by atoms with Crippen LogP contribution in [0.4, 0.5) is 11.5 Å². The average Bonchev–Trinajstić information content (AvgIpc) is 2.82. The fraction of sp³-hybridized carbons (Fsp3) is 0.435. The molecule has 0 saturated carbocycles. The van der Waals surface area contributed by atoms with Gasteiger partial charge in [0, 0.05) is 43.9 Å². The summed E-state index contributed by atoms with van der Waals surface area (Å²) >= 11 is 0. The van der Waals surface area contributed by atoms with E-state index in [9.17, 15) is 13.9 Å². The molecular formula is C23H32N6O4S. The fourth-order valence-corrected chi connectivity index (χ4v) is 5.28. The van der Waals surface area contributed by atoms with Crippen LogP contribution < -0.4 is 20.1 Å². The maximum atomic E-state index is 13.2. The Hall–Kier alpha value is -3.02. The smallest absolute Gasteiger partial charge is 0.254 e. The van der Waals surface area contributed by atoms with Gasteiger partial charge in [0.1, 0.15) is 11.6 Å². The molecule has 5 N–H and O–H groups in total. The van der Waals surface area contributed by atoms with E-state index in [0.29, 0.717) is 42.3 Å². The Labute approximate surface area is 201 Å². The molecule has 1 aromatic heterocycles. The molecule has 2 aromatic rings. The van der Waals surface area contributed by atoms with E-state index >= 15 is 0 Å². The number of carbonyl (C=O) groups is 1. The number of carbonyl (C=O) groups excluding carboxylic acids is 1. The highest BCUT2D eigenvalue weighted by atomic mass is 32.3. The molecule has 1 unspecified atom stereocenters. The van der Waals surface area contributed by atoms with Crippen LogP contribution in [0.2, 0.25) is 0 Å². The Morgan fingerprint density at radius 1 is 1.32 bits per heavy atom. The number of nitrogens with one attached hydrogen (secondary N) is 1. The van der Waals surface area contributed by atoms with Gasteiger partial charge in [-0.25, -0.2) is 4.98 Å². The fourth-order valence-electron chi connectivity index (χ4n) is 4.40. The van der Waals surface area contributed by atoms with Gasteiger partial charge in [-0.3, -0.25) is 18.6 Å². The van der Waals surface area contributed by atoms with E-state index < -0.39 is 11.0 Å². The van der Waals surface area contributed by atoms with Crippen molar-refractivity contribution in [3.05, 3.63) is 47.7 Å². The van der Waals surface area contributed by atoms with Crippen molar-refractivity contribution in [2.24, 2.45) is 16.0 Å². The minimum absolute atomic E-state index is 0.00313. The molecule has 0 radical (unpaired) electrons. The SMILES string of the molecule is CCN(CC)c1cc(C(=O)N2CCCC(COc3cccc4c3C(N)=NS(O)(O)N4)C2)ccn1. The molecule has 4 rings (SSSR count). The Morgan fingerprint density at radius 2 is 2.12 bits per heavy atom. The number of aromatic nitrogens is 1. The summed E-state index contributed by atoms with van der Waals surface area (Å²) in [5.74, 6) is 1.51. The van der Waals surface area contributed by atoms with E-state index in [-0.39, 0.29) is 17.7 Å². The molecule has 34 heavy (non-hydrogen) atoms. The number of hydrogen-bond acceptors (Lipinski definition) is 9. The number of amides is 1. The number of ether oxygens (including phenoxy) is 1. The zero-order valence-electron chi connectivity index (χ0n) is 19.5. The number of fused-ring (bicyclic) bond motifs is 1. The number of amidine groups is 1. The van der Waals surface area contributed by atoms with Gasteiger partial charge in [0.25, 0.3) is 5.91 Å². The number of likely N-dealkylation sites (tertiary alicyclic amines) is 1. The molecule has 0 spiro atoms. The van der Waals surface area contributed by atoms with E-state index in [1.165, 1.54) is 0 Å². The van der Waals surface area contributed by atoms with Crippen molar-refractivity contribution >= 4 is 34.2 Å². The monoisotopic (exact) mass is 488 g/mol. The molecule has 2 aliphatic rings. The lowest BCUT2D eigenvalue weighted by molar-refractivity contribution is 0.0633. The van der Waals surface area contributed by atoms with Gasteiger partial charge in [0.05, 0.1) is 17.9 Å². The van der Waals surface area contributed by atoms with E-state index in [0.717, 1.165) is 31.7 Å². The number of rotatable bonds is 7. The first-order valence-electron chi connectivity index (χ1n) is 11.5. The van der Waals surface area contributed by atoms with Gasteiger partial charge in [-0.05, 0) is 61.9 Å². The molecular weight excluding hydrogens is 456 g/mol. The zero-order chi connectivity index (χ0) is 24.3. The van der Waals surface area contributed by atoms with Crippen LogP contribution in [-0.2, 0) is 0 Å². The van der Waals surface area contributed by atoms with Crippen LogP contribution in [-0.4, -0.2) is 63.5 Å². The Kier molecular flexibility index (Phi) is 7.15. The molecule has 2 aliphatic heterocycles. The second kappa shape index (κ2) is 10.1. The second-order valence-corrected chi connectivity index (χ2v) is 9.85. The van der Waals surface area contributed by atoms with Crippen LogP contribution in [0.25, 0.3) is 0 Å². The van der Waals surface area contributed by atoms with Gasteiger partial charge in [0.15, 0.2) is 5.84 Å². The lowest BCUT2D eigenvalue weighted by Crippen LogP contribution is -2.41. The maximum absolute atomic E-state index is 13.2. The Morgan fingerprint density at radius 3 is 2.88 bits per heavy atom. The summed E-state index contributed by atoms with van der Waals surface area (Å²) in [5.41, 5.74) is 7.60. The van der Waals surface area contributed by atoms with Gasteiger partial charge in [-0.15, -0.1) is 4.40 Å². The number of benzene rings is 1. The first-order chi connectivity index (χ1) is 16.3. The van der Waals surface area contributed by atoms with Crippen LogP contribution in [0.1, 0.15) is 42.6 Å². The first-order valence-corrected chi connectivity index (χ1v) is 13.0. The summed E-state index contributed by atoms with van der Waals surface area (Å²) in [6, 6.07) is 8.86. The van der Waals surface area contributed by atoms with Crippen LogP contribution >= 0.6 is 11.0 Å². The highest BCUT2D eigenvalue weighted by Gasteiger charge is 2.28. The van der Waals surface area contributed by atoms with Gasteiger partial charge in [-0.1, -0.05) is 6.07 Å². The molecule has 1 fully saturated rings. The first kappa shape index (κ1) is 24.1. The molecule has 10 nitrogen and oxygen atoms in total. The average molecular weight is 489 g/mol. The van der Waals surface area contributed by atoms with Gasteiger partial charge >= 0.3 is 0 Å². The lowest BCUT2D eigenvalue weighted by Gasteiger charge is -2.34. The molecule has 11 heteroatoms. The van der Waals surface area contributed by atoms with Crippen LogP contribution in [0.5, 0.6) is 5.75 Å². The highest BCUT2D eigenvalue weighted by molar-refractivity contribution is 8.24. The van der Waals surface area contributed by atoms with Gasteiger partial charge in [-0.2, -0.15) is 0 Å². The quantitative estimate of drug-likeness (QED) is 0.464. The number of anilines is 2. The topological polar surface area (TPSA) is 137 Å². The molecule has 3 heterocycles. The van der Waals surface area contributed by atoms with Gasteiger partial charge < -0.3 is 20.3 Å². The number of hydrogen-bond donors (Lipinski definition) is 4. The predicted molar refractivity (Wildman–Crippen MR) is 136 cm³/mol. The number of nitrogens with two attached hydrogens (primary N) is 1. The van der Waals surface area contributed by atoms with E-state index in [4.69, 9.17) is 10.5 Å². The molecule has 1 aromatic carbocycles. The van der Waals surface area contributed by atoms with Crippen LogP contribution in [0.3, 0.4) is 0 Å². The van der Waals surface area contributed by atoms with E-state index in [1.54, 1.807) is 30.5 Å². The van der Waals surface area contributed by atoms with Crippen molar-refractivity contribution in [1.82, 2.24) is 9.88 Å². The predicted octanol–water partition coefficient (Wildman–Crippen LogP) is 3.57. The third kappa shape index (κ3) is 5.21. The van der Waals surface area contributed by atoms with E-state index in [2.05, 4.69) is 32.9 Å². The normalized spacial score (nSPS) is 19.9. The summed E-state index contributed by atoms with van der Waals surface area (Å²) in [4.78, 5) is 21.6. The van der Waals surface area contributed by atoms with Crippen LogP contribution in [0, 0.1) is 5.92 Å². The largest absolute Gasteiger partial charge is 0.492 e. The molecule has 1 atom stereocenters. The van der Waals surface area contributed by atoms with Crippen molar-refractivity contribution in [3.8, 4) is 5.75 Å². The third-order valence-electron chi connectivity index (χ3n) is 6.12. The molecule has 184 valence electrons. The van der Waals surface area contributed by atoms with Crippen molar-refractivity contribution in [2.75, 3.05) is 42.4 Å². The molecule has 0 bridgehead atoms. The summed E-state index contributed by atoms with van der Waals surface area (Å²) < 4.78 is 32.1. The molecule has 1 amide bonds. The Balaban J connectivity index is 1.42.